The maximum atomic E-state index is 6.32. The second-order valence-electron chi connectivity index (χ2n) is 4.72. The predicted octanol–water partition coefficient (Wildman–Crippen LogP) is 3.22. The van der Waals surface area contributed by atoms with Gasteiger partial charge in [-0.15, -0.1) is 0 Å². The molecular weight excluding hydrogens is 232 g/mol. The quantitative estimate of drug-likeness (QED) is 0.892. The molecule has 0 unspecified atom stereocenters. The minimum absolute atomic E-state index is 0.726. The molecule has 3 heteroatoms. The SMILES string of the molecule is NCCCc1ccc(N2CCCCC2)cc1Cl. The highest BCUT2D eigenvalue weighted by molar-refractivity contribution is 6.31. The maximum Gasteiger partial charge on any atom is 0.0458 e. The third kappa shape index (κ3) is 3.36. The number of rotatable bonds is 4. The topological polar surface area (TPSA) is 29.3 Å². The smallest absolute Gasteiger partial charge is 0.0458 e. The van der Waals surface area contributed by atoms with Gasteiger partial charge in [0.25, 0.3) is 0 Å². The van der Waals surface area contributed by atoms with E-state index in [1.54, 1.807) is 0 Å². The highest BCUT2D eigenvalue weighted by Gasteiger charge is 2.12. The van der Waals surface area contributed by atoms with Crippen molar-refractivity contribution in [3.63, 3.8) is 0 Å². The van der Waals surface area contributed by atoms with E-state index >= 15 is 0 Å². The minimum atomic E-state index is 0.726. The molecule has 0 aliphatic carbocycles. The zero-order valence-electron chi connectivity index (χ0n) is 10.3. The van der Waals surface area contributed by atoms with Gasteiger partial charge >= 0.3 is 0 Å². The number of anilines is 1. The zero-order valence-corrected chi connectivity index (χ0v) is 11.0. The molecule has 0 amide bonds. The molecular formula is C14H21ClN2. The number of nitrogens with zero attached hydrogens (tertiary/aromatic N) is 1. The molecule has 94 valence electrons. The fourth-order valence-electron chi connectivity index (χ4n) is 2.38. The van der Waals surface area contributed by atoms with Gasteiger partial charge in [-0.3, -0.25) is 0 Å². The molecule has 0 saturated carbocycles. The van der Waals surface area contributed by atoms with Crippen LogP contribution in [0.5, 0.6) is 0 Å². The van der Waals surface area contributed by atoms with Crippen molar-refractivity contribution in [2.45, 2.75) is 32.1 Å². The van der Waals surface area contributed by atoms with E-state index in [0.717, 1.165) is 24.4 Å². The number of piperidine rings is 1. The standard InChI is InChI=1S/C14H21ClN2/c15-14-11-13(17-9-2-1-3-10-17)7-6-12(14)5-4-8-16/h6-7,11H,1-5,8-10,16H2. The van der Waals surface area contributed by atoms with Gasteiger partial charge in [0.1, 0.15) is 0 Å². The third-order valence-corrected chi connectivity index (χ3v) is 3.76. The Morgan fingerprint density at radius 1 is 1.18 bits per heavy atom. The molecule has 1 aliphatic heterocycles. The molecule has 1 fully saturated rings. The van der Waals surface area contributed by atoms with Gasteiger partial charge in [0.2, 0.25) is 0 Å². The van der Waals surface area contributed by atoms with Gasteiger partial charge in [-0.1, -0.05) is 17.7 Å². The number of benzene rings is 1. The highest BCUT2D eigenvalue weighted by atomic mass is 35.5. The van der Waals surface area contributed by atoms with Crippen LogP contribution in [0.4, 0.5) is 5.69 Å². The summed E-state index contributed by atoms with van der Waals surface area (Å²) in [6.45, 7) is 3.06. The Hall–Kier alpha value is -0.730. The van der Waals surface area contributed by atoms with Crippen LogP contribution < -0.4 is 10.6 Å². The van der Waals surface area contributed by atoms with Crippen molar-refractivity contribution in [1.82, 2.24) is 0 Å². The molecule has 1 saturated heterocycles. The molecule has 0 aromatic heterocycles. The first kappa shape index (κ1) is 12.7. The average Bonchev–Trinajstić information content (AvgIpc) is 2.38. The summed E-state index contributed by atoms with van der Waals surface area (Å²) in [6, 6.07) is 6.46. The number of hydrogen-bond acceptors (Lipinski definition) is 2. The normalized spacial score (nSPS) is 16.2. The van der Waals surface area contributed by atoms with Crippen LogP contribution in [0.25, 0.3) is 0 Å². The molecule has 0 radical (unpaired) electrons. The molecule has 0 bridgehead atoms. The van der Waals surface area contributed by atoms with Crippen LogP contribution in [0.15, 0.2) is 18.2 Å². The monoisotopic (exact) mass is 252 g/mol. The number of halogens is 1. The first-order chi connectivity index (χ1) is 8.31. The second kappa shape index (κ2) is 6.27. The minimum Gasteiger partial charge on any atom is -0.371 e. The van der Waals surface area contributed by atoms with Crippen molar-refractivity contribution in [3.05, 3.63) is 28.8 Å². The van der Waals surface area contributed by atoms with Crippen molar-refractivity contribution in [2.75, 3.05) is 24.5 Å². The summed E-state index contributed by atoms with van der Waals surface area (Å²) in [4.78, 5) is 2.43. The van der Waals surface area contributed by atoms with Crippen molar-refractivity contribution >= 4 is 17.3 Å². The zero-order chi connectivity index (χ0) is 12.1. The predicted molar refractivity (Wildman–Crippen MR) is 74.9 cm³/mol. The lowest BCUT2D eigenvalue weighted by Crippen LogP contribution is -2.29. The van der Waals surface area contributed by atoms with E-state index in [9.17, 15) is 0 Å². The van der Waals surface area contributed by atoms with Gasteiger partial charge < -0.3 is 10.6 Å². The van der Waals surface area contributed by atoms with E-state index < -0.39 is 0 Å². The Morgan fingerprint density at radius 3 is 2.59 bits per heavy atom. The molecule has 0 atom stereocenters. The van der Waals surface area contributed by atoms with Gasteiger partial charge in [0.05, 0.1) is 0 Å². The van der Waals surface area contributed by atoms with Crippen molar-refractivity contribution < 1.29 is 0 Å². The summed E-state index contributed by atoms with van der Waals surface area (Å²) >= 11 is 6.32. The van der Waals surface area contributed by atoms with Gasteiger partial charge in [0, 0.05) is 23.8 Å². The molecule has 2 N–H and O–H groups in total. The first-order valence-electron chi connectivity index (χ1n) is 6.54. The van der Waals surface area contributed by atoms with Crippen LogP contribution in [0.2, 0.25) is 5.02 Å². The Morgan fingerprint density at radius 2 is 1.94 bits per heavy atom. The van der Waals surface area contributed by atoms with E-state index in [-0.39, 0.29) is 0 Å². The molecule has 17 heavy (non-hydrogen) atoms. The van der Waals surface area contributed by atoms with Crippen molar-refractivity contribution in [2.24, 2.45) is 5.73 Å². The Bertz CT molecular complexity index is 359. The van der Waals surface area contributed by atoms with Crippen LogP contribution in [0.1, 0.15) is 31.2 Å². The fraction of sp³-hybridized carbons (Fsp3) is 0.571. The maximum absolute atomic E-state index is 6.32. The molecule has 1 aromatic rings. The van der Waals surface area contributed by atoms with Crippen LogP contribution in [-0.2, 0) is 6.42 Å². The lowest BCUT2D eigenvalue weighted by atomic mass is 10.1. The van der Waals surface area contributed by atoms with E-state index in [2.05, 4.69) is 23.1 Å². The third-order valence-electron chi connectivity index (χ3n) is 3.41. The van der Waals surface area contributed by atoms with E-state index in [0.29, 0.717) is 0 Å². The summed E-state index contributed by atoms with van der Waals surface area (Å²) in [7, 11) is 0. The fourth-order valence-corrected chi connectivity index (χ4v) is 2.65. The lowest BCUT2D eigenvalue weighted by Gasteiger charge is -2.29. The van der Waals surface area contributed by atoms with Crippen LogP contribution >= 0.6 is 11.6 Å². The van der Waals surface area contributed by atoms with Crippen LogP contribution in [0.3, 0.4) is 0 Å². The highest BCUT2D eigenvalue weighted by Crippen LogP contribution is 2.26. The van der Waals surface area contributed by atoms with Crippen molar-refractivity contribution in [1.29, 1.82) is 0 Å². The van der Waals surface area contributed by atoms with E-state index in [1.165, 1.54) is 43.6 Å². The average molecular weight is 253 g/mol. The summed E-state index contributed by atoms with van der Waals surface area (Å²) in [5.41, 5.74) is 8.01. The van der Waals surface area contributed by atoms with Crippen LogP contribution in [-0.4, -0.2) is 19.6 Å². The first-order valence-corrected chi connectivity index (χ1v) is 6.92. The van der Waals surface area contributed by atoms with Gasteiger partial charge in [0.15, 0.2) is 0 Å². The summed E-state index contributed by atoms with van der Waals surface area (Å²) in [6.07, 6.45) is 5.94. The number of nitrogens with two attached hydrogens (primary N) is 1. The van der Waals surface area contributed by atoms with Crippen molar-refractivity contribution in [3.8, 4) is 0 Å². The summed E-state index contributed by atoms with van der Waals surface area (Å²) in [5.74, 6) is 0. The summed E-state index contributed by atoms with van der Waals surface area (Å²) < 4.78 is 0. The Kier molecular flexibility index (Phi) is 4.69. The van der Waals surface area contributed by atoms with Gasteiger partial charge in [-0.2, -0.15) is 0 Å². The summed E-state index contributed by atoms with van der Waals surface area (Å²) in [5, 5.41) is 0.890. The van der Waals surface area contributed by atoms with Gasteiger partial charge in [-0.05, 0) is 56.3 Å². The molecule has 0 spiro atoms. The number of aryl methyl sites for hydroxylation is 1. The Balaban J connectivity index is 2.06. The lowest BCUT2D eigenvalue weighted by molar-refractivity contribution is 0.578. The molecule has 1 heterocycles. The van der Waals surface area contributed by atoms with Gasteiger partial charge in [-0.25, -0.2) is 0 Å². The molecule has 1 aromatic carbocycles. The largest absolute Gasteiger partial charge is 0.371 e. The number of hydrogen-bond donors (Lipinski definition) is 1. The molecule has 2 nitrogen and oxygen atoms in total. The Labute approximate surface area is 109 Å². The van der Waals surface area contributed by atoms with E-state index in [1.807, 2.05) is 0 Å². The van der Waals surface area contributed by atoms with E-state index in [4.69, 9.17) is 17.3 Å². The van der Waals surface area contributed by atoms with Crippen LogP contribution in [0, 0.1) is 0 Å². The second-order valence-corrected chi connectivity index (χ2v) is 5.12. The molecule has 1 aliphatic rings. The molecule has 2 rings (SSSR count).